The number of anilines is 1. The molecule has 40 heavy (non-hydrogen) atoms. The highest BCUT2D eigenvalue weighted by Gasteiger charge is 2.36. The third-order valence-electron chi connectivity index (χ3n) is 6.99. The number of amides is 3. The molecule has 2 atom stereocenters. The Kier molecular flexibility index (Phi) is 9.64. The summed E-state index contributed by atoms with van der Waals surface area (Å²) in [5.41, 5.74) is 8.69. The maximum atomic E-state index is 13.6. The van der Waals surface area contributed by atoms with Crippen molar-refractivity contribution in [1.29, 1.82) is 0 Å². The van der Waals surface area contributed by atoms with Crippen molar-refractivity contribution in [2.75, 3.05) is 19.0 Å². The van der Waals surface area contributed by atoms with Gasteiger partial charge in [0.2, 0.25) is 17.7 Å². The Morgan fingerprint density at radius 2 is 1.60 bits per heavy atom. The lowest BCUT2D eigenvalue weighted by atomic mass is 9.92. The number of hydrogen-bond acceptors (Lipinski definition) is 6. The molecule has 0 radical (unpaired) electrons. The number of rotatable bonds is 11. The number of hydrogen-bond donors (Lipinski definition) is 3. The lowest BCUT2D eigenvalue weighted by Gasteiger charge is -2.36. The summed E-state index contributed by atoms with van der Waals surface area (Å²) in [6.45, 7) is 0.406. The number of carbonyl (C=O) groups excluding carboxylic acids is 4. The van der Waals surface area contributed by atoms with Crippen LogP contribution in [0.5, 0.6) is 5.75 Å². The monoisotopic (exact) mass is 542 g/mol. The van der Waals surface area contributed by atoms with Gasteiger partial charge >= 0.3 is 0 Å². The van der Waals surface area contributed by atoms with Gasteiger partial charge in [0, 0.05) is 31.4 Å². The zero-order valence-corrected chi connectivity index (χ0v) is 22.5. The molecule has 0 spiro atoms. The highest BCUT2D eigenvalue weighted by Crippen LogP contribution is 2.26. The molecule has 0 unspecified atom stereocenters. The van der Waals surface area contributed by atoms with Crippen LogP contribution in [0.1, 0.15) is 40.7 Å². The second-order valence-corrected chi connectivity index (χ2v) is 9.63. The van der Waals surface area contributed by atoms with Crippen LogP contribution in [0.3, 0.4) is 0 Å². The fourth-order valence-corrected chi connectivity index (χ4v) is 4.82. The predicted octanol–water partition coefficient (Wildman–Crippen LogP) is 3.08. The number of benzene rings is 3. The largest absolute Gasteiger partial charge is 0.495 e. The van der Waals surface area contributed by atoms with Crippen molar-refractivity contribution in [3.05, 3.63) is 95.6 Å². The van der Waals surface area contributed by atoms with Crippen molar-refractivity contribution >= 4 is 29.2 Å². The minimum absolute atomic E-state index is 0.0276. The number of nitrogens with zero attached hydrogens (tertiary/aromatic N) is 1. The molecule has 1 heterocycles. The van der Waals surface area contributed by atoms with E-state index < -0.39 is 23.9 Å². The second-order valence-electron chi connectivity index (χ2n) is 9.63. The predicted molar refractivity (Wildman–Crippen MR) is 152 cm³/mol. The number of ketones is 1. The molecule has 0 aliphatic carbocycles. The maximum Gasteiger partial charge on any atom is 0.247 e. The third kappa shape index (κ3) is 6.92. The first-order valence-corrected chi connectivity index (χ1v) is 13.3. The van der Waals surface area contributed by atoms with Gasteiger partial charge in [0.15, 0.2) is 5.78 Å². The van der Waals surface area contributed by atoms with E-state index in [1.807, 2.05) is 30.3 Å². The van der Waals surface area contributed by atoms with Crippen LogP contribution < -0.4 is 21.1 Å². The molecule has 3 aromatic carbocycles. The Morgan fingerprint density at radius 3 is 2.33 bits per heavy atom. The van der Waals surface area contributed by atoms with Crippen molar-refractivity contribution in [2.24, 2.45) is 5.73 Å². The van der Waals surface area contributed by atoms with E-state index >= 15 is 0 Å². The summed E-state index contributed by atoms with van der Waals surface area (Å²) < 4.78 is 5.31. The highest BCUT2D eigenvalue weighted by atomic mass is 16.5. The second kappa shape index (κ2) is 13.5. The Labute approximate surface area is 233 Å². The van der Waals surface area contributed by atoms with E-state index in [1.54, 1.807) is 48.5 Å². The van der Waals surface area contributed by atoms with E-state index in [9.17, 15) is 19.2 Å². The van der Waals surface area contributed by atoms with Crippen molar-refractivity contribution in [3.8, 4) is 5.75 Å². The molecule has 4 N–H and O–H groups in total. The summed E-state index contributed by atoms with van der Waals surface area (Å²) in [6, 6.07) is 21.7. The van der Waals surface area contributed by atoms with Crippen LogP contribution in [-0.4, -0.2) is 54.1 Å². The molecule has 208 valence electrons. The van der Waals surface area contributed by atoms with Gasteiger partial charge in [-0.2, -0.15) is 0 Å². The van der Waals surface area contributed by atoms with Gasteiger partial charge in [-0.15, -0.1) is 0 Å². The van der Waals surface area contributed by atoms with Gasteiger partial charge < -0.3 is 26.0 Å². The first-order chi connectivity index (χ1) is 19.4. The van der Waals surface area contributed by atoms with Crippen molar-refractivity contribution in [1.82, 2.24) is 10.2 Å². The average Bonchev–Trinajstić information content (AvgIpc) is 2.99. The smallest absolute Gasteiger partial charge is 0.247 e. The van der Waals surface area contributed by atoms with E-state index in [-0.39, 0.29) is 44.0 Å². The van der Waals surface area contributed by atoms with Crippen LogP contribution in [0, 0.1) is 0 Å². The third-order valence-corrected chi connectivity index (χ3v) is 6.99. The Hall–Kier alpha value is -4.50. The van der Waals surface area contributed by atoms with Crippen molar-refractivity contribution < 1.29 is 23.9 Å². The number of nitrogens with one attached hydrogen (secondary N) is 2. The van der Waals surface area contributed by atoms with E-state index in [2.05, 4.69) is 10.6 Å². The number of ether oxygens (including phenoxy) is 1. The van der Waals surface area contributed by atoms with Crippen molar-refractivity contribution in [2.45, 2.75) is 44.3 Å². The fraction of sp³-hybridized carbons (Fsp3) is 0.290. The molecular weight excluding hydrogens is 508 g/mol. The molecule has 0 saturated carbocycles. The van der Waals surface area contributed by atoms with Gasteiger partial charge in [-0.05, 0) is 36.2 Å². The summed E-state index contributed by atoms with van der Waals surface area (Å²) in [7, 11) is 1.50. The molecule has 3 amide bonds. The summed E-state index contributed by atoms with van der Waals surface area (Å²) in [6.07, 6.45) is 0.506. The van der Waals surface area contributed by atoms with E-state index in [1.165, 1.54) is 12.0 Å². The lowest BCUT2D eigenvalue weighted by Crippen LogP contribution is -2.56. The number of para-hydroxylation sites is 2. The number of methoxy groups -OCH3 is 1. The highest BCUT2D eigenvalue weighted by molar-refractivity contribution is 6.00. The molecule has 1 aliphatic heterocycles. The zero-order chi connectivity index (χ0) is 28.5. The van der Waals surface area contributed by atoms with Crippen LogP contribution >= 0.6 is 0 Å². The molecule has 0 aromatic heterocycles. The summed E-state index contributed by atoms with van der Waals surface area (Å²) in [5, 5.41) is 5.62. The van der Waals surface area contributed by atoms with Gasteiger partial charge in [0.05, 0.1) is 12.8 Å². The lowest BCUT2D eigenvalue weighted by molar-refractivity contribution is -0.142. The standard InChI is InChI=1S/C31H34N4O5/c1-40-28-14-8-7-13-24(28)33-30(38)25(17-18-32)34-31(39)26-19-22-11-5-6-12-23(22)20-35(26)29(37)16-15-27(36)21-9-3-2-4-10-21/h2-14,25-26H,15-20,32H2,1H3,(H,33,38)(H,34,39)/t25-,26-/m0/s1. The van der Waals surface area contributed by atoms with Gasteiger partial charge in [-0.1, -0.05) is 66.7 Å². The van der Waals surface area contributed by atoms with Gasteiger partial charge in [0.1, 0.15) is 17.8 Å². The molecule has 0 fully saturated rings. The van der Waals surface area contributed by atoms with Crippen LogP contribution in [0.2, 0.25) is 0 Å². The van der Waals surface area contributed by atoms with Crippen LogP contribution in [0.15, 0.2) is 78.9 Å². The summed E-state index contributed by atoms with van der Waals surface area (Å²) in [4.78, 5) is 54.3. The van der Waals surface area contributed by atoms with Gasteiger partial charge in [-0.3, -0.25) is 19.2 Å². The molecule has 0 bridgehead atoms. The molecule has 9 heteroatoms. The maximum absolute atomic E-state index is 13.6. The van der Waals surface area contributed by atoms with E-state index in [0.717, 1.165) is 11.1 Å². The number of nitrogens with two attached hydrogens (primary N) is 1. The zero-order valence-electron chi connectivity index (χ0n) is 22.5. The Morgan fingerprint density at radius 1 is 0.925 bits per heavy atom. The Balaban J connectivity index is 1.49. The molecule has 1 aliphatic rings. The van der Waals surface area contributed by atoms with Crippen LogP contribution in [-0.2, 0) is 27.3 Å². The molecule has 3 aromatic rings. The van der Waals surface area contributed by atoms with Crippen LogP contribution in [0.25, 0.3) is 0 Å². The van der Waals surface area contributed by atoms with Gasteiger partial charge in [0.25, 0.3) is 0 Å². The van der Waals surface area contributed by atoms with E-state index in [4.69, 9.17) is 10.5 Å². The van der Waals surface area contributed by atoms with Crippen LogP contribution in [0.4, 0.5) is 5.69 Å². The summed E-state index contributed by atoms with van der Waals surface area (Å²) >= 11 is 0. The molecule has 4 rings (SSSR count). The first-order valence-electron chi connectivity index (χ1n) is 13.3. The minimum atomic E-state index is -0.920. The topological polar surface area (TPSA) is 131 Å². The number of Topliss-reactive ketones (excluding diaryl/α,β-unsaturated/α-hetero) is 1. The molecule has 0 saturated heterocycles. The van der Waals surface area contributed by atoms with Gasteiger partial charge in [-0.25, -0.2) is 0 Å². The van der Waals surface area contributed by atoms with Crippen molar-refractivity contribution in [3.63, 3.8) is 0 Å². The normalized spacial score (nSPS) is 14.9. The summed E-state index contributed by atoms with van der Waals surface area (Å²) in [5.74, 6) is -0.841. The number of carbonyl (C=O) groups is 4. The minimum Gasteiger partial charge on any atom is -0.495 e. The molecule has 9 nitrogen and oxygen atoms in total. The SMILES string of the molecule is COc1ccccc1NC(=O)[C@H](CCN)NC(=O)[C@@H]1Cc2ccccc2CN1C(=O)CCC(=O)c1ccccc1. The average molecular weight is 543 g/mol. The molecular formula is C31H34N4O5. The van der Waals surface area contributed by atoms with E-state index in [0.29, 0.717) is 23.4 Å². The fourth-order valence-electron chi connectivity index (χ4n) is 4.82. The quantitative estimate of drug-likeness (QED) is 0.319. The first kappa shape index (κ1) is 28.5. The number of fused-ring (bicyclic) bond motifs is 1. The Bertz CT molecular complexity index is 1360.